The van der Waals surface area contributed by atoms with Crippen molar-refractivity contribution >= 4 is 11.6 Å². The summed E-state index contributed by atoms with van der Waals surface area (Å²) in [6.45, 7) is 2.93. The summed E-state index contributed by atoms with van der Waals surface area (Å²) in [7, 11) is 0. The summed E-state index contributed by atoms with van der Waals surface area (Å²) in [5, 5.41) is 0. The topological polar surface area (TPSA) is 46.3 Å². The van der Waals surface area contributed by atoms with E-state index in [0.29, 0.717) is 0 Å². The number of hydrogen-bond donors (Lipinski definition) is 1. The fourth-order valence-electron chi connectivity index (χ4n) is 4.36. The minimum Gasteiger partial charge on any atom is -0.325 e. The molecule has 1 aromatic rings. The third-order valence-corrected chi connectivity index (χ3v) is 5.90. The minimum atomic E-state index is -0.344. The highest BCUT2D eigenvalue weighted by Gasteiger charge is 2.54. The van der Waals surface area contributed by atoms with Crippen LogP contribution in [-0.2, 0) is 10.2 Å². The highest BCUT2D eigenvalue weighted by atomic mass is 16.2. The monoisotopic (exact) mass is 284 g/mol. The lowest BCUT2D eigenvalue weighted by Gasteiger charge is -2.39. The maximum absolute atomic E-state index is 13.1. The number of fused-ring (bicyclic) bond motifs is 2. The second kappa shape index (κ2) is 4.33. The summed E-state index contributed by atoms with van der Waals surface area (Å²) in [4.78, 5) is 15.2. The van der Waals surface area contributed by atoms with E-state index >= 15 is 0 Å². The Morgan fingerprint density at radius 3 is 2.71 bits per heavy atom. The van der Waals surface area contributed by atoms with Crippen LogP contribution in [-0.4, -0.2) is 18.0 Å². The maximum Gasteiger partial charge on any atom is 0.231 e. The number of para-hydroxylation sites is 1. The van der Waals surface area contributed by atoms with Gasteiger partial charge in [0, 0.05) is 23.2 Å². The zero-order chi connectivity index (χ0) is 14.7. The van der Waals surface area contributed by atoms with E-state index in [1.54, 1.807) is 0 Å². The molecule has 1 amide bonds. The van der Waals surface area contributed by atoms with Crippen LogP contribution in [0.15, 0.2) is 24.3 Å². The Kier molecular flexibility index (Phi) is 2.74. The van der Waals surface area contributed by atoms with Crippen LogP contribution in [0.3, 0.4) is 0 Å². The van der Waals surface area contributed by atoms with E-state index < -0.39 is 0 Å². The van der Waals surface area contributed by atoms with Crippen molar-refractivity contribution in [1.29, 1.82) is 0 Å². The van der Waals surface area contributed by atoms with Crippen molar-refractivity contribution in [2.24, 2.45) is 11.7 Å². The molecule has 2 saturated carbocycles. The standard InChI is InChI=1S/C18H24N2O/c1-17(19)9-5-4-7-14(17)16(21)20-12-18(10-11-18)13-6-2-3-8-15(13)20/h2-3,6,8,14H,4-5,7,9-12,19H2,1H3. The van der Waals surface area contributed by atoms with Gasteiger partial charge >= 0.3 is 0 Å². The van der Waals surface area contributed by atoms with E-state index in [9.17, 15) is 4.79 Å². The Morgan fingerprint density at radius 2 is 2.00 bits per heavy atom. The van der Waals surface area contributed by atoms with Gasteiger partial charge in [0.15, 0.2) is 0 Å². The van der Waals surface area contributed by atoms with Gasteiger partial charge in [-0.15, -0.1) is 0 Å². The molecule has 3 nitrogen and oxygen atoms in total. The van der Waals surface area contributed by atoms with Crippen LogP contribution in [0.5, 0.6) is 0 Å². The van der Waals surface area contributed by atoms with Crippen molar-refractivity contribution in [3.63, 3.8) is 0 Å². The third-order valence-electron chi connectivity index (χ3n) is 5.90. The number of nitrogens with two attached hydrogens (primary N) is 1. The lowest BCUT2D eigenvalue weighted by molar-refractivity contribution is -0.125. The van der Waals surface area contributed by atoms with Crippen LogP contribution in [0.4, 0.5) is 5.69 Å². The van der Waals surface area contributed by atoms with Crippen LogP contribution in [0.1, 0.15) is 51.0 Å². The second-order valence-electron chi connectivity index (χ2n) is 7.53. The van der Waals surface area contributed by atoms with Crippen molar-refractivity contribution < 1.29 is 4.79 Å². The Hall–Kier alpha value is -1.35. The van der Waals surface area contributed by atoms with Gasteiger partial charge in [0.2, 0.25) is 5.91 Å². The van der Waals surface area contributed by atoms with Crippen molar-refractivity contribution in [2.45, 2.75) is 56.4 Å². The Morgan fingerprint density at radius 1 is 1.24 bits per heavy atom. The van der Waals surface area contributed by atoms with Gasteiger partial charge in [0.05, 0.1) is 5.92 Å². The largest absolute Gasteiger partial charge is 0.325 e. The summed E-state index contributed by atoms with van der Waals surface area (Å²) in [6.07, 6.45) is 6.62. The summed E-state index contributed by atoms with van der Waals surface area (Å²) >= 11 is 0. The number of carbonyl (C=O) groups is 1. The zero-order valence-corrected chi connectivity index (χ0v) is 12.8. The molecule has 2 fully saturated rings. The molecular formula is C18H24N2O. The van der Waals surface area contributed by atoms with E-state index in [1.807, 2.05) is 11.0 Å². The lowest BCUT2D eigenvalue weighted by Crippen LogP contribution is -2.53. The van der Waals surface area contributed by atoms with Crippen LogP contribution in [0.25, 0.3) is 0 Å². The predicted octanol–water partition coefficient (Wildman–Crippen LogP) is 2.97. The number of amides is 1. The first-order valence-electron chi connectivity index (χ1n) is 8.23. The summed E-state index contributed by atoms with van der Waals surface area (Å²) in [5.74, 6) is 0.240. The fourth-order valence-corrected chi connectivity index (χ4v) is 4.36. The van der Waals surface area contributed by atoms with Crippen LogP contribution in [0, 0.1) is 5.92 Å². The van der Waals surface area contributed by atoms with Gasteiger partial charge in [-0.3, -0.25) is 4.79 Å². The number of nitrogens with zero attached hydrogens (tertiary/aromatic N) is 1. The highest BCUT2D eigenvalue weighted by Crippen LogP contribution is 2.56. The maximum atomic E-state index is 13.1. The molecule has 21 heavy (non-hydrogen) atoms. The minimum absolute atomic E-state index is 0.0202. The smallest absolute Gasteiger partial charge is 0.231 e. The molecule has 2 unspecified atom stereocenters. The van der Waals surface area contributed by atoms with E-state index in [4.69, 9.17) is 5.73 Å². The normalized spacial score (nSPS) is 33.0. The first kappa shape index (κ1) is 13.3. The van der Waals surface area contributed by atoms with Gasteiger partial charge in [0.25, 0.3) is 0 Å². The molecule has 1 spiro atoms. The SMILES string of the molecule is CC1(N)CCCCC1C(=O)N1CC2(CC2)c2ccccc21. The quantitative estimate of drug-likeness (QED) is 0.861. The van der Waals surface area contributed by atoms with Crippen molar-refractivity contribution in [3.05, 3.63) is 29.8 Å². The van der Waals surface area contributed by atoms with E-state index in [-0.39, 0.29) is 22.8 Å². The van der Waals surface area contributed by atoms with Gasteiger partial charge in [0.1, 0.15) is 0 Å². The van der Waals surface area contributed by atoms with Crippen LogP contribution in [0.2, 0.25) is 0 Å². The van der Waals surface area contributed by atoms with Gasteiger partial charge in [-0.05, 0) is 44.2 Å². The molecule has 3 heteroatoms. The Balaban J connectivity index is 1.67. The van der Waals surface area contributed by atoms with Gasteiger partial charge < -0.3 is 10.6 Å². The molecular weight excluding hydrogens is 260 g/mol. The highest BCUT2D eigenvalue weighted by molar-refractivity contribution is 5.99. The molecule has 1 aliphatic heterocycles. The molecule has 0 bridgehead atoms. The first-order valence-corrected chi connectivity index (χ1v) is 8.23. The number of rotatable bonds is 1. The summed E-state index contributed by atoms with van der Waals surface area (Å²) in [6, 6.07) is 8.46. The molecule has 2 N–H and O–H groups in total. The zero-order valence-electron chi connectivity index (χ0n) is 12.8. The number of carbonyl (C=O) groups excluding carboxylic acids is 1. The average Bonchev–Trinajstić information content (AvgIpc) is 3.16. The Labute approximate surface area is 126 Å². The second-order valence-corrected chi connectivity index (χ2v) is 7.53. The summed E-state index contributed by atoms with van der Waals surface area (Å²) < 4.78 is 0. The van der Waals surface area contributed by atoms with Crippen molar-refractivity contribution in [2.75, 3.05) is 11.4 Å². The molecule has 112 valence electrons. The molecule has 2 aliphatic carbocycles. The van der Waals surface area contributed by atoms with Crippen LogP contribution < -0.4 is 10.6 Å². The van der Waals surface area contributed by atoms with Crippen LogP contribution >= 0.6 is 0 Å². The predicted molar refractivity (Wildman–Crippen MR) is 84.3 cm³/mol. The molecule has 1 heterocycles. The van der Waals surface area contributed by atoms with Gasteiger partial charge in [-0.2, -0.15) is 0 Å². The van der Waals surface area contributed by atoms with E-state index in [0.717, 1.165) is 37.9 Å². The molecule has 0 aromatic heterocycles. The van der Waals surface area contributed by atoms with Crippen molar-refractivity contribution in [1.82, 2.24) is 0 Å². The molecule has 0 radical (unpaired) electrons. The molecule has 3 aliphatic rings. The van der Waals surface area contributed by atoms with Crippen molar-refractivity contribution in [3.8, 4) is 0 Å². The fraction of sp³-hybridized carbons (Fsp3) is 0.611. The van der Waals surface area contributed by atoms with E-state index in [1.165, 1.54) is 18.4 Å². The van der Waals surface area contributed by atoms with E-state index in [2.05, 4.69) is 25.1 Å². The van der Waals surface area contributed by atoms with Gasteiger partial charge in [-0.1, -0.05) is 31.0 Å². The van der Waals surface area contributed by atoms with Gasteiger partial charge in [-0.25, -0.2) is 0 Å². The average molecular weight is 284 g/mol. The number of hydrogen-bond acceptors (Lipinski definition) is 2. The Bertz CT molecular complexity index is 589. The first-order chi connectivity index (χ1) is 10.0. The number of benzene rings is 1. The summed E-state index contributed by atoms with van der Waals surface area (Å²) in [5.41, 5.74) is 8.89. The third kappa shape index (κ3) is 1.94. The molecule has 2 atom stereocenters. The molecule has 1 aromatic carbocycles. The molecule has 4 rings (SSSR count). The lowest BCUT2D eigenvalue weighted by atomic mass is 9.74. The number of anilines is 1. The molecule has 0 saturated heterocycles.